The second-order valence-electron chi connectivity index (χ2n) is 5.39. The van der Waals surface area contributed by atoms with E-state index in [2.05, 4.69) is 10.4 Å². The average Bonchev–Trinajstić information content (AvgIpc) is 2.73. The van der Waals surface area contributed by atoms with Gasteiger partial charge in [0.1, 0.15) is 5.75 Å². The number of para-hydroxylation sites is 1. The molecule has 9 heteroatoms. The maximum absolute atomic E-state index is 11.8. The highest BCUT2D eigenvalue weighted by Gasteiger charge is 2.49. The second-order valence-corrected chi connectivity index (χ2v) is 7.68. The molecule has 0 aliphatic carbocycles. The molecule has 0 unspecified atom stereocenters. The van der Waals surface area contributed by atoms with Crippen molar-refractivity contribution in [2.75, 3.05) is 7.05 Å². The van der Waals surface area contributed by atoms with Crippen molar-refractivity contribution >= 4 is 40.5 Å². The van der Waals surface area contributed by atoms with E-state index in [0.717, 1.165) is 0 Å². The number of hydroxylamine groups is 2. The van der Waals surface area contributed by atoms with E-state index in [4.69, 9.17) is 12.2 Å². The Morgan fingerprint density at radius 3 is 2.78 bits per heavy atom. The number of rotatable bonds is 3. The zero-order valence-electron chi connectivity index (χ0n) is 12.9. The standard InChI is InChI=1S/C14H18N4O3S2/c1-14(2)11(18(21)12(20)15-3)17(13(22)23-14)16-8-9-6-4-5-7-10(9)19/h4-8,11,19,21H,1-3H3,(H,15,20)/b16-8-/t11-/m1/s1. The van der Waals surface area contributed by atoms with Gasteiger partial charge in [-0.05, 0) is 26.0 Å². The van der Waals surface area contributed by atoms with Crippen molar-refractivity contribution < 1.29 is 15.1 Å². The predicted octanol–water partition coefficient (Wildman–Crippen LogP) is 2.20. The number of amides is 2. The quantitative estimate of drug-likeness (QED) is 0.334. The number of aromatic hydroxyl groups is 1. The molecule has 0 aromatic heterocycles. The maximum Gasteiger partial charge on any atom is 0.343 e. The van der Waals surface area contributed by atoms with Crippen LogP contribution in [0.4, 0.5) is 4.79 Å². The summed E-state index contributed by atoms with van der Waals surface area (Å²) in [4.78, 5) is 11.8. The van der Waals surface area contributed by atoms with Crippen LogP contribution in [0, 0.1) is 0 Å². The first kappa shape index (κ1) is 17.5. The Balaban J connectivity index is 2.32. The van der Waals surface area contributed by atoms with E-state index in [0.29, 0.717) is 14.9 Å². The summed E-state index contributed by atoms with van der Waals surface area (Å²) in [5.74, 6) is 0.0805. The molecule has 124 valence electrons. The van der Waals surface area contributed by atoms with E-state index < -0.39 is 16.9 Å². The molecule has 1 aliphatic rings. The number of hydrogen-bond donors (Lipinski definition) is 3. The highest BCUT2D eigenvalue weighted by Crippen LogP contribution is 2.42. The minimum absolute atomic E-state index is 0.0805. The van der Waals surface area contributed by atoms with Crippen molar-refractivity contribution in [3.63, 3.8) is 0 Å². The van der Waals surface area contributed by atoms with E-state index in [-0.39, 0.29) is 5.75 Å². The third-order valence-electron chi connectivity index (χ3n) is 3.30. The fraction of sp³-hybridized carbons (Fsp3) is 0.357. The SMILES string of the molecule is CNC(=O)N(O)[C@H]1N(/N=C\c2ccccc2O)C(=S)SC1(C)C. The lowest BCUT2D eigenvalue weighted by molar-refractivity contribution is -0.117. The molecule has 0 saturated carbocycles. The molecule has 1 aromatic rings. The maximum atomic E-state index is 11.8. The van der Waals surface area contributed by atoms with Crippen LogP contribution in [0.1, 0.15) is 19.4 Å². The highest BCUT2D eigenvalue weighted by molar-refractivity contribution is 8.24. The summed E-state index contributed by atoms with van der Waals surface area (Å²) in [5.41, 5.74) is 0.508. The van der Waals surface area contributed by atoms with Crippen LogP contribution in [0.25, 0.3) is 0 Å². The number of nitrogens with one attached hydrogen (secondary N) is 1. The van der Waals surface area contributed by atoms with Crippen molar-refractivity contribution in [2.24, 2.45) is 5.10 Å². The smallest absolute Gasteiger partial charge is 0.343 e. The van der Waals surface area contributed by atoms with Crippen molar-refractivity contribution in [2.45, 2.75) is 24.8 Å². The lowest BCUT2D eigenvalue weighted by atomic mass is 10.1. The first-order valence-electron chi connectivity index (χ1n) is 6.82. The number of thiocarbonyl (C=S) groups is 1. The third kappa shape index (κ3) is 3.57. The van der Waals surface area contributed by atoms with Gasteiger partial charge in [-0.15, -0.1) is 0 Å². The van der Waals surface area contributed by atoms with Gasteiger partial charge in [-0.2, -0.15) is 10.2 Å². The molecule has 3 N–H and O–H groups in total. The summed E-state index contributed by atoms with van der Waals surface area (Å²) < 4.78 is -0.136. The molecular formula is C14H18N4O3S2. The van der Waals surface area contributed by atoms with Gasteiger partial charge in [-0.1, -0.05) is 36.1 Å². The number of carbonyl (C=O) groups is 1. The lowest BCUT2D eigenvalue weighted by Gasteiger charge is -2.33. The molecule has 1 atom stereocenters. The summed E-state index contributed by atoms with van der Waals surface area (Å²) in [6.45, 7) is 3.71. The first-order chi connectivity index (χ1) is 10.8. The molecule has 1 aromatic carbocycles. The molecular weight excluding hydrogens is 336 g/mol. The minimum Gasteiger partial charge on any atom is -0.507 e. The van der Waals surface area contributed by atoms with Crippen molar-refractivity contribution in [1.82, 2.24) is 15.4 Å². The van der Waals surface area contributed by atoms with Gasteiger partial charge in [-0.3, -0.25) is 5.21 Å². The average molecular weight is 354 g/mol. The molecule has 1 aliphatic heterocycles. The lowest BCUT2D eigenvalue weighted by Crippen LogP contribution is -2.55. The number of urea groups is 1. The minimum atomic E-state index is -0.776. The fourth-order valence-corrected chi connectivity index (χ4v) is 3.96. The number of hydrogen-bond acceptors (Lipinski definition) is 6. The van der Waals surface area contributed by atoms with E-state index in [1.54, 1.807) is 24.3 Å². The molecule has 1 fully saturated rings. The van der Waals surface area contributed by atoms with Crippen LogP contribution < -0.4 is 5.32 Å². The van der Waals surface area contributed by atoms with Gasteiger partial charge >= 0.3 is 6.03 Å². The Morgan fingerprint density at radius 2 is 2.17 bits per heavy atom. The topological polar surface area (TPSA) is 88.4 Å². The number of hydrazone groups is 1. The molecule has 0 spiro atoms. The molecule has 23 heavy (non-hydrogen) atoms. The van der Waals surface area contributed by atoms with Gasteiger partial charge in [0.25, 0.3) is 0 Å². The Kier molecular flexibility index (Phi) is 5.12. The third-order valence-corrected chi connectivity index (χ3v) is 4.84. The second kappa shape index (κ2) is 6.73. The number of phenolic OH excluding ortho intramolecular Hbond substituents is 1. The molecule has 7 nitrogen and oxygen atoms in total. The molecule has 0 bridgehead atoms. The molecule has 2 rings (SSSR count). The predicted molar refractivity (Wildman–Crippen MR) is 93.7 cm³/mol. The summed E-state index contributed by atoms with van der Waals surface area (Å²) in [7, 11) is 1.43. The van der Waals surface area contributed by atoms with Crippen LogP contribution in [0.3, 0.4) is 0 Å². The highest BCUT2D eigenvalue weighted by atomic mass is 32.2. The van der Waals surface area contributed by atoms with E-state index in [9.17, 15) is 15.1 Å². The number of nitrogens with zero attached hydrogens (tertiary/aromatic N) is 3. The molecule has 2 amide bonds. The van der Waals surface area contributed by atoms with E-state index >= 15 is 0 Å². The first-order valence-corrected chi connectivity index (χ1v) is 8.04. The number of thioether (sulfide) groups is 1. The Labute approximate surface area is 143 Å². The van der Waals surface area contributed by atoms with Crippen LogP contribution in [0.2, 0.25) is 0 Å². The van der Waals surface area contributed by atoms with Gasteiger partial charge in [-0.25, -0.2) is 9.80 Å². The van der Waals surface area contributed by atoms with Gasteiger partial charge in [0, 0.05) is 12.6 Å². The van der Waals surface area contributed by atoms with Gasteiger partial charge in [0.15, 0.2) is 10.5 Å². The van der Waals surface area contributed by atoms with E-state index in [1.807, 2.05) is 13.8 Å². The van der Waals surface area contributed by atoms with Crippen LogP contribution in [-0.2, 0) is 0 Å². The van der Waals surface area contributed by atoms with E-state index in [1.165, 1.54) is 30.0 Å². The van der Waals surface area contributed by atoms with Gasteiger partial charge in [0.2, 0.25) is 0 Å². The molecule has 0 radical (unpaired) electrons. The van der Waals surface area contributed by atoms with Gasteiger partial charge in [0.05, 0.1) is 11.0 Å². The zero-order chi connectivity index (χ0) is 17.2. The number of carbonyl (C=O) groups excluding carboxylic acids is 1. The Hall–Kier alpha value is -1.84. The van der Waals surface area contributed by atoms with Crippen LogP contribution in [0.5, 0.6) is 5.75 Å². The van der Waals surface area contributed by atoms with Crippen molar-refractivity contribution in [1.29, 1.82) is 0 Å². The fourth-order valence-electron chi connectivity index (χ4n) is 2.17. The molecule has 1 heterocycles. The summed E-state index contributed by atoms with van der Waals surface area (Å²) in [6.07, 6.45) is 0.663. The van der Waals surface area contributed by atoms with Crippen molar-refractivity contribution in [3.8, 4) is 5.75 Å². The zero-order valence-corrected chi connectivity index (χ0v) is 14.6. The summed E-state index contributed by atoms with van der Waals surface area (Å²) >= 11 is 6.63. The number of benzene rings is 1. The Bertz CT molecular complexity index is 651. The largest absolute Gasteiger partial charge is 0.507 e. The normalized spacial score (nSPS) is 20.1. The summed E-state index contributed by atoms with van der Waals surface area (Å²) in [6, 6.07) is 6.05. The van der Waals surface area contributed by atoms with Crippen molar-refractivity contribution in [3.05, 3.63) is 29.8 Å². The van der Waals surface area contributed by atoms with Crippen LogP contribution in [-0.4, -0.2) is 54.9 Å². The van der Waals surface area contributed by atoms with Crippen LogP contribution in [0.15, 0.2) is 29.4 Å². The van der Waals surface area contributed by atoms with Crippen LogP contribution >= 0.6 is 24.0 Å². The summed E-state index contributed by atoms with van der Waals surface area (Å²) in [5, 5.41) is 28.5. The number of phenols is 1. The van der Waals surface area contributed by atoms with Gasteiger partial charge < -0.3 is 10.4 Å². The molecule has 1 saturated heterocycles. The monoisotopic (exact) mass is 354 g/mol. The Morgan fingerprint density at radius 1 is 1.52 bits per heavy atom.